The molecule has 2 rings (SSSR count). The van der Waals surface area contributed by atoms with Crippen LogP contribution >= 0.6 is 0 Å². The van der Waals surface area contributed by atoms with E-state index in [1.165, 1.54) is 38.2 Å². The van der Waals surface area contributed by atoms with Gasteiger partial charge in [-0.15, -0.1) is 0 Å². The third-order valence-corrected chi connectivity index (χ3v) is 4.92. The number of halogens is 1. The molecule has 0 bridgehead atoms. The number of hydrogen-bond acceptors (Lipinski definition) is 2. The van der Waals surface area contributed by atoms with Crippen LogP contribution in [0.15, 0.2) is 24.3 Å². The summed E-state index contributed by atoms with van der Waals surface area (Å²) < 4.78 is 14.0. The van der Waals surface area contributed by atoms with Gasteiger partial charge in [0.05, 0.1) is 0 Å². The molecule has 0 spiro atoms. The first-order valence-electron chi connectivity index (χ1n) is 7.81. The first kappa shape index (κ1) is 15.5. The van der Waals surface area contributed by atoms with Crippen molar-refractivity contribution in [3.8, 4) is 0 Å². The lowest BCUT2D eigenvalue weighted by atomic mass is 9.82. The first-order chi connectivity index (χ1) is 9.65. The average Bonchev–Trinajstić information content (AvgIpc) is 2.49. The maximum Gasteiger partial charge on any atom is 0.127 e. The van der Waals surface area contributed by atoms with Gasteiger partial charge in [-0.25, -0.2) is 4.39 Å². The van der Waals surface area contributed by atoms with E-state index < -0.39 is 0 Å². The van der Waals surface area contributed by atoms with Crippen LogP contribution in [-0.2, 0) is 0 Å². The zero-order valence-corrected chi connectivity index (χ0v) is 12.7. The molecule has 20 heavy (non-hydrogen) atoms. The van der Waals surface area contributed by atoms with Crippen molar-refractivity contribution >= 4 is 0 Å². The molecule has 0 aliphatic heterocycles. The molecule has 2 unspecified atom stereocenters. The second-order valence-corrected chi connectivity index (χ2v) is 6.06. The number of benzene rings is 1. The number of nitrogens with two attached hydrogens (primary N) is 1. The van der Waals surface area contributed by atoms with E-state index in [1.807, 2.05) is 12.1 Å². The molecule has 0 saturated heterocycles. The lowest BCUT2D eigenvalue weighted by Crippen LogP contribution is -2.45. The summed E-state index contributed by atoms with van der Waals surface area (Å²) in [5.41, 5.74) is 6.79. The van der Waals surface area contributed by atoms with E-state index in [2.05, 4.69) is 18.9 Å². The summed E-state index contributed by atoms with van der Waals surface area (Å²) in [4.78, 5) is 2.27. The van der Waals surface area contributed by atoms with Crippen molar-refractivity contribution in [1.29, 1.82) is 0 Å². The Bertz CT molecular complexity index is 415. The second kappa shape index (κ2) is 7.19. The van der Waals surface area contributed by atoms with Crippen LogP contribution in [0, 0.1) is 11.7 Å². The Morgan fingerprint density at radius 2 is 1.90 bits per heavy atom. The summed E-state index contributed by atoms with van der Waals surface area (Å²) in [7, 11) is 2.09. The lowest BCUT2D eigenvalue weighted by Gasteiger charge is -2.39. The molecule has 2 nitrogen and oxygen atoms in total. The van der Waals surface area contributed by atoms with Gasteiger partial charge in [0.2, 0.25) is 0 Å². The van der Waals surface area contributed by atoms with E-state index in [0.29, 0.717) is 18.5 Å². The standard InChI is InChI=1S/C17H27FN2/c1-13(15-10-6-7-11-16(15)18)20(2)17(12-19)14-8-4-3-5-9-14/h6-7,10-11,13-14,17H,3-5,8-9,12,19H2,1-2H3. The molecule has 0 radical (unpaired) electrons. The van der Waals surface area contributed by atoms with Crippen molar-refractivity contribution in [1.82, 2.24) is 4.90 Å². The topological polar surface area (TPSA) is 29.3 Å². The molecular weight excluding hydrogens is 251 g/mol. The van der Waals surface area contributed by atoms with Crippen molar-refractivity contribution in [2.75, 3.05) is 13.6 Å². The molecule has 0 aromatic heterocycles. The third-order valence-electron chi connectivity index (χ3n) is 4.92. The summed E-state index contributed by atoms with van der Waals surface area (Å²) in [6.07, 6.45) is 6.49. The fraction of sp³-hybridized carbons (Fsp3) is 0.647. The van der Waals surface area contributed by atoms with Crippen molar-refractivity contribution in [2.45, 2.75) is 51.1 Å². The second-order valence-electron chi connectivity index (χ2n) is 6.06. The molecule has 1 saturated carbocycles. The maximum atomic E-state index is 14.0. The van der Waals surface area contributed by atoms with Gasteiger partial charge >= 0.3 is 0 Å². The minimum Gasteiger partial charge on any atom is -0.329 e. The number of hydrogen-bond donors (Lipinski definition) is 1. The van der Waals surface area contributed by atoms with Crippen LogP contribution in [0.4, 0.5) is 4.39 Å². The highest BCUT2D eigenvalue weighted by Gasteiger charge is 2.29. The summed E-state index contributed by atoms with van der Waals surface area (Å²) >= 11 is 0. The van der Waals surface area contributed by atoms with E-state index in [-0.39, 0.29) is 11.9 Å². The van der Waals surface area contributed by atoms with Crippen LogP contribution in [-0.4, -0.2) is 24.5 Å². The van der Waals surface area contributed by atoms with Crippen LogP contribution in [0.2, 0.25) is 0 Å². The van der Waals surface area contributed by atoms with Gasteiger partial charge in [0, 0.05) is 24.2 Å². The van der Waals surface area contributed by atoms with Gasteiger partial charge in [-0.1, -0.05) is 37.5 Å². The Labute approximate surface area is 122 Å². The lowest BCUT2D eigenvalue weighted by molar-refractivity contribution is 0.112. The highest BCUT2D eigenvalue weighted by molar-refractivity contribution is 5.20. The maximum absolute atomic E-state index is 14.0. The van der Waals surface area contributed by atoms with Gasteiger partial charge in [-0.2, -0.15) is 0 Å². The number of rotatable bonds is 5. The van der Waals surface area contributed by atoms with Crippen LogP contribution in [0.25, 0.3) is 0 Å². The molecule has 1 aliphatic rings. The predicted octanol–water partition coefficient (Wildman–Crippen LogP) is 3.73. The largest absolute Gasteiger partial charge is 0.329 e. The molecule has 3 heteroatoms. The van der Waals surface area contributed by atoms with E-state index in [0.717, 1.165) is 5.56 Å². The van der Waals surface area contributed by atoms with Crippen LogP contribution in [0.1, 0.15) is 50.6 Å². The fourth-order valence-corrected chi connectivity index (χ4v) is 3.53. The van der Waals surface area contributed by atoms with Crippen molar-refractivity contribution < 1.29 is 4.39 Å². The van der Waals surface area contributed by atoms with E-state index in [4.69, 9.17) is 5.73 Å². The highest BCUT2D eigenvalue weighted by Crippen LogP contribution is 2.32. The van der Waals surface area contributed by atoms with Crippen LogP contribution in [0.5, 0.6) is 0 Å². The third kappa shape index (κ3) is 3.39. The van der Waals surface area contributed by atoms with Gasteiger partial charge in [0.15, 0.2) is 0 Å². The predicted molar refractivity (Wildman–Crippen MR) is 82.0 cm³/mol. The Kier molecular flexibility index (Phi) is 5.55. The zero-order chi connectivity index (χ0) is 14.5. The number of nitrogens with zero attached hydrogens (tertiary/aromatic N) is 1. The minimum atomic E-state index is -0.119. The summed E-state index contributed by atoms with van der Waals surface area (Å²) in [5, 5.41) is 0. The molecule has 1 fully saturated rings. The SMILES string of the molecule is CC(c1ccccc1F)N(C)C(CN)C1CCCCC1. The molecule has 0 heterocycles. The number of likely N-dealkylation sites (N-methyl/N-ethyl adjacent to an activating group) is 1. The van der Waals surface area contributed by atoms with E-state index >= 15 is 0 Å². The molecule has 0 amide bonds. The van der Waals surface area contributed by atoms with Gasteiger partial charge in [0.1, 0.15) is 5.82 Å². The van der Waals surface area contributed by atoms with Gasteiger partial charge in [-0.3, -0.25) is 4.90 Å². The quantitative estimate of drug-likeness (QED) is 0.889. The molecule has 2 atom stereocenters. The Morgan fingerprint density at radius 3 is 2.50 bits per heavy atom. The Morgan fingerprint density at radius 1 is 1.25 bits per heavy atom. The zero-order valence-electron chi connectivity index (χ0n) is 12.7. The minimum absolute atomic E-state index is 0.0617. The van der Waals surface area contributed by atoms with Gasteiger partial charge in [0.25, 0.3) is 0 Å². The molecular formula is C17H27FN2. The summed E-state index contributed by atoms with van der Waals surface area (Å²) in [6.45, 7) is 2.73. The average molecular weight is 278 g/mol. The van der Waals surface area contributed by atoms with Gasteiger partial charge < -0.3 is 5.73 Å². The van der Waals surface area contributed by atoms with Crippen LogP contribution in [0.3, 0.4) is 0 Å². The highest BCUT2D eigenvalue weighted by atomic mass is 19.1. The Hall–Kier alpha value is -0.930. The van der Waals surface area contributed by atoms with Gasteiger partial charge in [-0.05, 0) is 38.8 Å². The molecule has 1 aromatic rings. The van der Waals surface area contributed by atoms with Crippen molar-refractivity contribution in [2.24, 2.45) is 11.7 Å². The van der Waals surface area contributed by atoms with Crippen molar-refractivity contribution in [3.63, 3.8) is 0 Å². The van der Waals surface area contributed by atoms with Crippen LogP contribution < -0.4 is 5.73 Å². The molecule has 1 aliphatic carbocycles. The molecule has 2 N–H and O–H groups in total. The van der Waals surface area contributed by atoms with E-state index in [1.54, 1.807) is 6.07 Å². The molecule has 112 valence electrons. The Balaban J connectivity index is 2.11. The normalized spacial score (nSPS) is 20.1. The first-order valence-corrected chi connectivity index (χ1v) is 7.81. The smallest absolute Gasteiger partial charge is 0.127 e. The summed E-state index contributed by atoms with van der Waals surface area (Å²) in [5.74, 6) is 0.541. The monoisotopic (exact) mass is 278 g/mol. The molecule has 1 aromatic carbocycles. The van der Waals surface area contributed by atoms with E-state index in [9.17, 15) is 4.39 Å². The summed E-state index contributed by atoms with van der Waals surface area (Å²) in [6, 6.07) is 7.48. The fourth-order valence-electron chi connectivity index (χ4n) is 3.53. The van der Waals surface area contributed by atoms with Crippen molar-refractivity contribution in [3.05, 3.63) is 35.6 Å².